The lowest BCUT2D eigenvalue weighted by Gasteiger charge is -2.37. The van der Waals surface area contributed by atoms with Crippen molar-refractivity contribution >= 4 is 11.4 Å². The molecule has 0 saturated heterocycles. The molecular formula is C24H28N2O3. The summed E-state index contributed by atoms with van der Waals surface area (Å²) in [4.78, 5) is 10.9. The average molecular weight is 392 g/mol. The van der Waals surface area contributed by atoms with Gasteiger partial charge in [0.15, 0.2) is 0 Å². The SMILES string of the molecule is CCCCCCOc1ccc2c(c1)C1C=CCC1C(c1cccc([N+](=O)[O-])c1)N2. The van der Waals surface area contributed by atoms with Crippen molar-refractivity contribution in [2.45, 2.75) is 51.0 Å². The largest absolute Gasteiger partial charge is 0.494 e. The van der Waals surface area contributed by atoms with Gasteiger partial charge in [-0.1, -0.05) is 50.5 Å². The molecular weight excluding hydrogens is 364 g/mol. The second-order valence-corrected chi connectivity index (χ2v) is 7.99. The number of allylic oxidation sites excluding steroid dienone is 2. The molecule has 0 aromatic heterocycles. The summed E-state index contributed by atoms with van der Waals surface area (Å²) in [6, 6.07) is 13.3. The third-order valence-electron chi connectivity index (χ3n) is 6.04. The van der Waals surface area contributed by atoms with E-state index in [1.807, 2.05) is 12.1 Å². The predicted molar refractivity (Wildman–Crippen MR) is 116 cm³/mol. The van der Waals surface area contributed by atoms with Crippen LogP contribution < -0.4 is 10.1 Å². The molecule has 1 aliphatic carbocycles. The van der Waals surface area contributed by atoms with Gasteiger partial charge in [-0.15, -0.1) is 0 Å². The highest BCUT2D eigenvalue weighted by Gasteiger charge is 2.38. The van der Waals surface area contributed by atoms with E-state index in [-0.39, 0.29) is 16.7 Å². The lowest BCUT2D eigenvalue weighted by atomic mass is 9.77. The van der Waals surface area contributed by atoms with Gasteiger partial charge in [0.25, 0.3) is 5.69 Å². The van der Waals surface area contributed by atoms with Crippen LogP contribution in [0.3, 0.4) is 0 Å². The highest BCUT2D eigenvalue weighted by molar-refractivity contribution is 5.62. The molecule has 2 aromatic carbocycles. The van der Waals surface area contributed by atoms with E-state index in [2.05, 4.69) is 36.5 Å². The van der Waals surface area contributed by atoms with Crippen molar-refractivity contribution in [3.8, 4) is 5.75 Å². The van der Waals surface area contributed by atoms with Gasteiger partial charge < -0.3 is 10.1 Å². The number of benzene rings is 2. The molecule has 4 rings (SSSR count). The quantitative estimate of drug-likeness (QED) is 0.245. The zero-order valence-electron chi connectivity index (χ0n) is 16.8. The Morgan fingerprint density at radius 1 is 1.17 bits per heavy atom. The Bertz CT molecular complexity index is 909. The van der Waals surface area contributed by atoms with Crippen molar-refractivity contribution in [1.29, 1.82) is 0 Å². The first-order chi connectivity index (χ1) is 14.2. The van der Waals surface area contributed by atoms with E-state index in [1.54, 1.807) is 18.2 Å². The number of ether oxygens (including phenoxy) is 1. The van der Waals surface area contributed by atoms with Gasteiger partial charge in [-0.25, -0.2) is 0 Å². The molecule has 3 unspecified atom stereocenters. The molecule has 0 radical (unpaired) electrons. The molecule has 0 bridgehead atoms. The second kappa shape index (κ2) is 8.68. The van der Waals surface area contributed by atoms with Crippen LogP contribution in [0.15, 0.2) is 54.6 Å². The van der Waals surface area contributed by atoms with Crippen LogP contribution in [0.4, 0.5) is 11.4 Å². The summed E-state index contributed by atoms with van der Waals surface area (Å²) in [5.41, 5.74) is 3.47. The number of nitrogens with zero attached hydrogens (tertiary/aromatic N) is 1. The van der Waals surface area contributed by atoms with Gasteiger partial charge in [0, 0.05) is 23.7 Å². The fourth-order valence-corrected chi connectivity index (χ4v) is 4.54. The minimum atomic E-state index is -0.325. The summed E-state index contributed by atoms with van der Waals surface area (Å²) in [6.07, 6.45) is 10.3. The molecule has 0 spiro atoms. The Morgan fingerprint density at radius 3 is 2.90 bits per heavy atom. The van der Waals surface area contributed by atoms with Gasteiger partial charge in [0.05, 0.1) is 17.6 Å². The zero-order valence-corrected chi connectivity index (χ0v) is 16.8. The number of nitro benzene ring substituents is 1. The summed E-state index contributed by atoms with van der Waals surface area (Å²) in [6.45, 7) is 2.97. The summed E-state index contributed by atoms with van der Waals surface area (Å²) < 4.78 is 5.99. The number of hydrogen-bond donors (Lipinski definition) is 1. The number of hydrogen-bond acceptors (Lipinski definition) is 4. The first-order valence-corrected chi connectivity index (χ1v) is 10.6. The van der Waals surface area contributed by atoms with Gasteiger partial charge >= 0.3 is 0 Å². The van der Waals surface area contributed by atoms with Gasteiger partial charge in [0.2, 0.25) is 0 Å². The molecule has 1 N–H and O–H groups in total. The number of nitro groups is 1. The van der Waals surface area contributed by atoms with E-state index in [0.717, 1.165) is 36.4 Å². The fraction of sp³-hybridized carbons (Fsp3) is 0.417. The molecule has 1 heterocycles. The van der Waals surface area contributed by atoms with Crippen molar-refractivity contribution in [2.24, 2.45) is 5.92 Å². The standard InChI is InChI=1S/C24H28N2O3/c1-2-3-4-5-14-29-19-12-13-23-22(16-19)20-10-7-11-21(20)24(25-23)17-8-6-9-18(15-17)26(27)28/h6-10,12-13,15-16,20-21,24-25H,2-5,11,14H2,1H3. The Kier molecular flexibility index (Phi) is 5.84. The molecule has 152 valence electrons. The van der Waals surface area contributed by atoms with Crippen molar-refractivity contribution in [1.82, 2.24) is 0 Å². The van der Waals surface area contributed by atoms with Crippen LogP contribution in [-0.4, -0.2) is 11.5 Å². The molecule has 29 heavy (non-hydrogen) atoms. The van der Waals surface area contributed by atoms with Crippen molar-refractivity contribution < 1.29 is 9.66 Å². The van der Waals surface area contributed by atoms with Crippen LogP contribution in [0.2, 0.25) is 0 Å². The maximum absolute atomic E-state index is 11.2. The van der Waals surface area contributed by atoms with Crippen molar-refractivity contribution in [3.05, 3.63) is 75.9 Å². The Hall–Kier alpha value is -2.82. The van der Waals surface area contributed by atoms with Crippen molar-refractivity contribution in [3.63, 3.8) is 0 Å². The lowest BCUT2D eigenvalue weighted by Crippen LogP contribution is -2.29. The smallest absolute Gasteiger partial charge is 0.269 e. The summed E-state index contributed by atoms with van der Waals surface area (Å²) in [5, 5.41) is 14.8. The average Bonchev–Trinajstić information content (AvgIpc) is 3.23. The lowest BCUT2D eigenvalue weighted by molar-refractivity contribution is -0.384. The van der Waals surface area contributed by atoms with Crippen molar-refractivity contribution in [2.75, 3.05) is 11.9 Å². The van der Waals surface area contributed by atoms with Crippen LogP contribution in [0, 0.1) is 16.0 Å². The summed E-state index contributed by atoms with van der Waals surface area (Å²) in [5.74, 6) is 1.58. The van der Waals surface area contributed by atoms with E-state index >= 15 is 0 Å². The number of nitrogens with one attached hydrogen (secondary N) is 1. The molecule has 3 atom stereocenters. The monoisotopic (exact) mass is 392 g/mol. The predicted octanol–water partition coefficient (Wildman–Crippen LogP) is 6.38. The van der Waals surface area contributed by atoms with E-state index in [0.29, 0.717) is 11.8 Å². The first kappa shape index (κ1) is 19.5. The van der Waals surface area contributed by atoms with E-state index in [4.69, 9.17) is 4.74 Å². The molecule has 5 heteroatoms. The van der Waals surface area contributed by atoms with Crippen LogP contribution in [-0.2, 0) is 0 Å². The Balaban J connectivity index is 1.54. The highest BCUT2D eigenvalue weighted by atomic mass is 16.6. The highest BCUT2D eigenvalue weighted by Crippen LogP contribution is 2.50. The number of fused-ring (bicyclic) bond motifs is 3. The molecule has 0 amide bonds. The maximum Gasteiger partial charge on any atom is 0.269 e. The Morgan fingerprint density at radius 2 is 2.07 bits per heavy atom. The van der Waals surface area contributed by atoms with Crippen LogP contribution in [0.5, 0.6) is 5.75 Å². The number of anilines is 1. The molecule has 2 aliphatic rings. The number of non-ortho nitro benzene ring substituents is 1. The fourth-order valence-electron chi connectivity index (χ4n) is 4.54. The topological polar surface area (TPSA) is 64.4 Å². The number of unbranched alkanes of at least 4 members (excludes halogenated alkanes) is 3. The minimum absolute atomic E-state index is 0.0585. The van der Waals surface area contributed by atoms with E-state index < -0.39 is 0 Å². The summed E-state index contributed by atoms with van der Waals surface area (Å²) >= 11 is 0. The number of rotatable bonds is 8. The second-order valence-electron chi connectivity index (χ2n) is 7.99. The minimum Gasteiger partial charge on any atom is -0.494 e. The third-order valence-corrected chi connectivity index (χ3v) is 6.04. The van der Waals surface area contributed by atoms with Gasteiger partial charge in [-0.2, -0.15) is 0 Å². The van der Waals surface area contributed by atoms with Crippen LogP contribution in [0.1, 0.15) is 62.1 Å². The van der Waals surface area contributed by atoms with Gasteiger partial charge in [-0.3, -0.25) is 10.1 Å². The molecule has 1 aliphatic heterocycles. The van der Waals surface area contributed by atoms with Gasteiger partial charge in [-0.05, 0) is 48.1 Å². The Labute approximate surface area is 171 Å². The van der Waals surface area contributed by atoms with Crippen LogP contribution >= 0.6 is 0 Å². The van der Waals surface area contributed by atoms with Gasteiger partial charge in [0.1, 0.15) is 5.75 Å². The molecule has 0 saturated carbocycles. The zero-order chi connectivity index (χ0) is 20.2. The van der Waals surface area contributed by atoms with E-state index in [9.17, 15) is 10.1 Å². The molecule has 5 nitrogen and oxygen atoms in total. The first-order valence-electron chi connectivity index (χ1n) is 10.6. The molecule has 0 fully saturated rings. The molecule has 2 aromatic rings. The third kappa shape index (κ3) is 4.14. The van der Waals surface area contributed by atoms with E-state index in [1.165, 1.54) is 24.8 Å². The maximum atomic E-state index is 11.2. The van der Waals surface area contributed by atoms with Crippen LogP contribution in [0.25, 0.3) is 0 Å². The summed E-state index contributed by atoms with van der Waals surface area (Å²) in [7, 11) is 0. The normalized spacial score (nSPS) is 21.9.